The number of sulfonamides is 1. The Morgan fingerprint density at radius 1 is 1.17 bits per heavy atom. The molecule has 3 rings (SSSR count). The van der Waals surface area contributed by atoms with Crippen LogP contribution in [0.1, 0.15) is 42.3 Å². The number of carbonyl (C=O) groups is 2. The lowest BCUT2D eigenvalue weighted by molar-refractivity contribution is -0.146. The van der Waals surface area contributed by atoms with Crippen LogP contribution in [0.25, 0.3) is 0 Å². The first kappa shape index (κ1) is 21.5. The van der Waals surface area contributed by atoms with Crippen LogP contribution in [0.5, 0.6) is 5.75 Å². The lowest BCUT2D eigenvalue weighted by Gasteiger charge is -2.13. The summed E-state index contributed by atoms with van der Waals surface area (Å²) in [5.41, 5.74) is 1.45. The number of hydrogen-bond acceptors (Lipinski definition) is 7. The van der Waals surface area contributed by atoms with Crippen LogP contribution in [-0.2, 0) is 26.2 Å². The molecule has 9 heteroatoms. The highest BCUT2D eigenvalue weighted by atomic mass is 32.2. The largest absolute Gasteiger partial charge is 0.493 e. The van der Waals surface area contributed by atoms with Gasteiger partial charge in [0.2, 0.25) is 0 Å². The molecule has 1 aliphatic heterocycles. The van der Waals surface area contributed by atoms with Crippen LogP contribution >= 0.6 is 0 Å². The van der Waals surface area contributed by atoms with Crippen molar-refractivity contribution < 1.29 is 27.5 Å². The second-order valence-electron chi connectivity index (χ2n) is 6.67. The SMILES string of the molecule is CCOc1ccc(C(C)=O)cc1COC(=O)[C@H](C)N=C1NS(=O)(=O)c2ccccc21. The number of carbonyl (C=O) groups excluding carboxylic acids is 2. The van der Waals surface area contributed by atoms with Gasteiger partial charge in [-0.3, -0.25) is 14.5 Å². The molecule has 0 saturated carbocycles. The number of amidine groups is 1. The van der Waals surface area contributed by atoms with E-state index in [0.29, 0.717) is 29.0 Å². The summed E-state index contributed by atoms with van der Waals surface area (Å²) in [5, 5.41) is 0. The summed E-state index contributed by atoms with van der Waals surface area (Å²) in [7, 11) is -3.69. The molecule has 0 bridgehead atoms. The molecule has 30 heavy (non-hydrogen) atoms. The van der Waals surface area contributed by atoms with E-state index in [0.717, 1.165) is 0 Å². The van der Waals surface area contributed by atoms with Crippen LogP contribution in [0.2, 0.25) is 0 Å². The van der Waals surface area contributed by atoms with Gasteiger partial charge < -0.3 is 9.47 Å². The Bertz CT molecular complexity index is 1120. The number of Topliss-reactive ketones (excluding diaryl/α,β-unsaturated/α-hetero) is 1. The van der Waals surface area contributed by atoms with E-state index in [2.05, 4.69) is 9.71 Å². The van der Waals surface area contributed by atoms with E-state index >= 15 is 0 Å². The van der Waals surface area contributed by atoms with Gasteiger partial charge in [-0.15, -0.1) is 0 Å². The molecule has 0 saturated heterocycles. The van der Waals surface area contributed by atoms with Crippen molar-refractivity contribution in [2.24, 2.45) is 4.99 Å². The van der Waals surface area contributed by atoms with Crippen LogP contribution in [0, 0.1) is 0 Å². The van der Waals surface area contributed by atoms with Crippen molar-refractivity contribution in [3.05, 3.63) is 59.2 Å². The first-order valence-electron chi connectivity index (χ1n) is 9.36. The molecule has 1 N–H and O–H groups in total. The molecule has 0 fully saturated rings. The third-order valence-electron chi connectivity index (χ3n) is 4.46. The second-order valence-corrected chi connectivity index (χ2v) is 8.33. The molecule has 2 aromatic carbocycles. The highest BCUT2D eigenvalue weighted by Crippen LogP contribution is 2.24. The smallest absolute Gasteiger partial charge is 0.330 e. The van der Waals surface area contributed by atoms with Crippen molar-refractivity contribution in [1.29, 1.82) is 0 Å². The molecular formula is C21H22N2O6S. The fourth-order valence-corrected chi connectivity index (χ4v) is 4.19. The molecule has 0 unspecified atom stereocenters. The minimum absolute atomic E-state index is 0.101. The second kappa shape index (κ2) is 8.66. The Morgan fingerprint density at radius 2 is 1.90 bits per heavy atom. The van der Waals surface area contributed by atoms with Gasteiger partial charge in [0.05, 0.1) is 11.5 Å². The molecule has 0 spiro atoms. The molecule has 0 amide bonds. The molecule has 0 aliphatic carbocycles. The zero-order valence-corrected chi connectivity index (χ0v) is 17.7. The Morgan fingerprint density at radius 3 is 2.60 bits per heavy atom. The van der Waals surface area contributed by atoms with Crippen molar-refractivity contribution in [3.63, 3.8) is 0 Å². The standard InChI is InChI=1S/C21H22N2O6S/c1-4-28-18-10-9-15(14(3)24)11-16(18)12-29-21(25)13(2)22-20-17-7-5-6-8-19(17)30(26,27)23-20/h5-11,13H,4,12H2,1-3H3,(H,22,23)/t13-/m0/s1. The number of fused-ring (bicyclic) bond motifs is 1. The van der Waals surface area contributed by atoms with E-state index in [1.54, 1.807) is 36.4 Å². The molecule has 2 aromatic rings. The van der Waals surface area contributed by atoms with Gasteiger partial charge in [-0.2, -0.15) is 0 Å². The van der Waals surface area contributed by atoms with Crippen LogP contribution < -0.4 is 9.46 Å². The maximum Gasteiger partial charge on any atom is 0.330 e. The van der Waals surface area contributed by atoms with Gasteiger partial charge in [0, 0.05) is 16.7 Å². The number of ether oxygens (including phenoxy) is 2. The number of aliphatic imine (C=N–C) groups is 1. The Labute approximate surface area is 175 Å². The Hall–Kier alpha value is -3.20. The van der Waals surface area contributed by atoms with Gasteiger partial charge in [-0.25, -0.2) is 13.2 Å². The maximum atomic E-state index is 12.5. The maximum absolute atomic E-state index is 12.5. The number of esters is 1. The normalized spacial score (nSPS) is 16.4. The predicted octanol–water partition coefficient (Wildman–Crippen LogP) is 2.46. The van der Waals surface area contributed by atoms with E-state index < -0.39 is 22.0 Å². The van der Waals surface area contributed by atoms with Crippen molar-refractivity contribution in [2.45, 2.75) is 38.3 Å². The Kier molecular flexibility index (Phi) is 6.21. The number of nitrogens with one attached hydrogen (secondary N) is 1. The molecule has 1 aliphatic rings. The average molecular weight is 430 g/mol. The van der Waals surface area contributed by atoms with E-state index in [4.69, 9.17) is 9.47 Å². The summed E-state index contributed by atoms with van der Waals surface area (Å²) in [5.74, 6) is -0.130. The van der Waals surface area contributed by atoms with Crippen LogP contribution in [-0.4, -0.2) is 38.7 Å². The van der Waals surface area contributed by atoms with E-state index in [-0.39, 0.29) is 23.1 Å². The van der Waals surface area contributed by atoms with Crippen molar-refractivity contribution in [2.75, 3.05) is 6.61 Å². The summed E-state index contributed by atoms with van der Waals surface area (Å²) in [6, 6.07) is 10.4. The fourth-order valence-electron chi connectivity index (χ4n) is 2.95. The first-order chi connectivity index (χ1) is 14.2. The summed E-state index contributed by atoms with van der Waals surface area (Å²) in [6.45, 7) is 5.11. The summed E-state index contributed by atoms with van der Waals surface area (Å²) >= 11 is 0. The summed E-state index contributed by atoms with van der Waals surface area (Å²) in [4.78, 5) is 28.4. The zero-order chi connectivity index (χ0) is 21.9. The molecular weight excluding hydrogens is 408 g/mol. The average Bonchev–Trinajstić information content (AvgIpc) is 2.97. The van der Waals surface area contributed by atoms with Gasteiger partial charge in [-0.05, 0) is 51.1 Å². The minimum Gasteiger partial charge on any atom is -0.493 e. The molecule has 1 atom stereocenters. The van der Waals surface area contributed by atoms with E-state index in [1.165, 1.54) is 19.9 Å². The molecule has 0 radical (unpaired) electrons. The van der Waals surface area contributed by atoms with Gasteiger partial charge in [0.15, 0.2) is 5.78 Å². The van der Waals surface area contributed by atoms with Crippen molar-refractivity contribution in [1.82, 2.24) is 4.72 Å². The molecule has 0 aromatic heterocycles. The number of ketones is 1. The molecule has 1 heterocycles. The van der Waals surface area contributed by atoms with Gasteiger partial charge >= 0.3 is 5.97 Å². The molecule has 8 nitrogen and oxygen atoms in total. The zero-order valence-electron chi connectivity index (χ0n) is 16.8. The van der Waals surface area contributed by atoms with Crippen molar-refractivity contribution in [3.8, 4) is 5.75 Å². The van der Waals surface area contributed by atoms with Crippen molar-refractivity contribution >= 4 is 27.6 Å². The minimum atomic E-state index is -3.69. The van der Waals surface area contributed by atoms with Gasteiger partial charge in [-0.1, -0.05) is 12.1 Å². The third-order valence-corrected chi connectivity index (χ3v) is 5.86. The van der Waals surface area contributed by atoms with E-state index in [9.17, 15) is 18.0 Å². The highest BCUT2D eigenvalue weighted by Gasteiger charge is 2.31. The summed E-state index contributed by atoms with van der Waals surface area (Å²) < 4.78 is 37.6. The van der Waals surface area contributed by atoms with Gasteiger partial charge in [0.25, 0.3) is 10.0 Å². The number of hydrogen-bond donors (Lipinski definition) is 1. The van der Waals surface area contributed by atoms with E-state index in [1.807, 2.05) is 6.92 Å². The predicted molar refractivity (Wildman–Crippen MR) is 110 cm³/mol. The highest BCUT2D eigenvalue weighted by molar-refractivity contribution is 7.90. The first-order valence-corrected chi connectivity index (χ1v) is 10.8. The monoisotopic (exact) mass is 430 g/mol. The fraction of sp³-hybridized carbons (Fsp3) is 0.286. The topological polar surface area (TPSA) is 111 Å². The lowest BCUT2D eigenvalue weighted by Crippen LogP contribution is -2.26. The quantitative estimate of drug-likeness (QED) is 0.534. The molecule has 158 valence electrons. The number of rotatable bonds is 7. The van der Waals surface area contributed by atoms with Crippen LogP contribution in [0.15, 0.2) is 52.4 Å². The summed E-state index contributed by atoms with van der Waals surface area (Å²) in [6.07, 6.45) is 0. The lowest BCUT2D eigenvalue weighted by atomic mass is 10.1. The number of benzene rings is 2. The van der Waals surface area contributed by atoms with Crippen LogP contribution in [0.4, 0.5) is 0 Å². The Balaban J connectivity index is 1.75. The van der Waals surface area contributed by atoms with Crippen LogP contribution in [0.3, 0.4) is 0 Å². The number of nitrogens with zero attached hydrogens (tertiary/aromatic N) is 1. The van der Waals surface area contributed by atoms with Gasteiger partial charge in [0.1, 0.15) is 24.2 Å². The third kappa shape index (κ3) is 4.51.